The molecule has 0 aromatic heterocycles. The Labute approximate surface area is 119 Å². The van der Waals surface area contributed by atoms with Crippen molar-refractivity contribution in [2.24, 2.45) is 5.73 Å². The van der Waals surface area contributed by atoms with Crippen LogP contribution in [-0.4, -0.2) is 36.5 Å². The lowest BCUT2D eigenvalue weighted by molar-refractivity contribution is -0.101. The molecule has 1 fully saturated rings. The number of hydrogen-bond acceptors (Lipinski definition) is 4. The van der Waals surface area contributed by atoms with Gasteiger partial charge in [0.05, 0.1) is 18.3 Å². The van der Waals surface area contributed by atoms with Crippen molar-refractivity contribution in [2.75, 3.05) is 24.6 Å². The lowest BCUT2D eigenvalue weighted by atomic mass is 10.0. The summed E-state index contributed by atoms with van der Waals surface area (Å²) in [7, 11) is 0. The summed E-state index contributed by atoms with van der Waals surface area (Å²) in [5.74, 6) is -0.285. The standard InChI is InChI=1S/C15H23FN2O2/c1-10(17)13-6-11(16)4-5-14(13)18-7-12(8-19)20-15(2,3)9-18/h4-6,10,12,19H,7-9,17H2,1-3H3/t10-,12?/m0/s1. The smallest absolute Gasteiger partial charge is 0.123 e. The summed E-state index contributed by atoms with van der Waals surface area (Å²) in [6.07, 6.45) is -0.246. The zero-order valence-corrected chi connectivity index (χ0v) is 12.3. The number of nitrogens with zero attached hydrogens (tertiary/aromatic N) is 1. The van der Waals surface area contributed by atoms with Gasteiger partial charge in [-0.2, -0.15) is 0 Å². The maximum atomic E-state index is 13.4. The highest BCUT2D eigenvalue weighted by Crippen LogP contribution is 2.31. The predicted molar refractivity (Wildman–Crippen MR) is 77.3 cm³/mol. The van der Waals surface area contributed by atoms with Crippen LogP contribution in [0.15, 0.2) is 18.2 Å². The van der Waals surface area contributed by atoms with Crippen molar-refractivity contribution in [3.05, 3.63) is 29.6 Å². The molecule has 1 saturated heterocycles. The first-order chi connectivity index (χ1) is 9.32. The summed E-state index contributed by atoms with van der Waals surface area (Å²) in [4.78, 5) is 2.11. The molecule has 0 radical (unpaired) electrons. The van der Waals surface area contributed by atoms with E-state index in [9.17, 15) is 9.50 Å². The number of morpholine rings is 1. The molecular weight excluding hydrogens is 259 g/mol. The first kappa shape index (κ1) is 15.2. The van der Waals surface area contributed by atoms with Gasteiger partial charge in [0.2, 0.25) is 0 Å². The lowest BCUT2D eigenvalue weighted by Gasteiger charge is -2.44. The molecule has 0 saturated carbocycles. The fourth-order valence-electron chi connectivity index (χ4n) is 2.75. The zero-order valence-electron chi connectivity index (χ0n) is 12.3. The minimum Gasteiger partial charge on any atom is -0.394 e. The fraction of sp³-hybridized carbons (Fsp3) is 0.600. The molecule has 1 aromatic rings. The first-order valence-corrected chi connectivity index (χ1v) is 6.91. The molecule has 1 aromatic carbocycles. The van der Waals surface area contributed by atoms with Crippen LogP contribution in [0.1, 0.15) is 32.4 Å². The molecule has 0 bridgehead atoms. The number of benzene rings is 1. The average molecular weight is 282 g/mol. The predicted octanol–water partition coefficient (Wildman–Crippen LogP) is 1.82. The maximum absolute atomic E-state index is 13.4. The monoisotopic (exact) mass is 282 g/mol. The topological polar surface area (TPSA) is 58.7 Å². The summed E-state index contributed by atoms with van der Waals surface area (Å²) in [6.45, 7) is 7.02. The summed E-state index contributed by atoms with van der Waals surface area (Å²) < 4.78 is 19.2. The molecule has 20 heavy (non-hydrogen) atoms. The number of nitrogens with two attached hydrogens (primary N) is 1. The second-order valence-electron chi connectivity index (χ2n) is 6.05. The normalized spacial score (nSPS) is 23.7. The van der Waals surface area contributed by atoms with Gasteiger partial charge in [-0.25, -0.2) is 4.39 Å². The van der Waals surface area contributed by atoms with E-state index in [0.29, 0.717) is 13.1 Å². The van der Waals surface area contributed by atoms with E-state index in [4.69, 9.17) is 10.5 Å². The molecule has 2 rings (SSSR count). The highest BCUT2D eigenvalue weighted by molar-refractivity contribution is 5.56. The SMILES string of the molecule is C[C@H](N)c1cc(F)ccc1N1CC(CO)OC(C)(C)C1. The Morgan fingerprint density at radius 1 is 1.55 bits per heavy atom. The van der Waals surface area contributed by atoms with E-state index in [-0.39, 0.29) is 30.2 Å². The second-order valence-corrected chi connectivity index (χ2v) is 6.05. The quantitative estimate of drug-likeness (QED) is 0.888. The van der Waals surface area contributed by atoms with E-state index in [1.54, 1.807) is 6.07 Å². The Morgan fingerprint density at radius 3 is 2.85 bits per heavy atom. The van der Waals surface area contributed by atoms with Crippen LogP contribution in [0.2, 0.25) is 0 Å². The van der Waals surface area contributed by atoms with Crippen LogP contribution in [0.3, 0.4) is 0 Å². The molecule has 112 valence electrons. The van der Waals surface area contributed by atoms with Crippen LogP contribution in [-0.2, 0) is 4.74 Å². The minimum absolute atomic E-state index is 0.0331. The molecule has 0 aliphatic carbocycles. The Bertz CT molecular complexity index is 477. The third-order valence-electron chi connectivity index (χ3n) is 3.51. The fourth-order valence-corrected chi connectivity index (χ4v) is 2.75. The summed E-state index contributed by atoms with van der Waals surface area (Å²) in [5.41, 5.74) is 7.28. The molecule has 2 atom stereocenters. The van der Waals surface area contributed by atoms with Crippen molar-refractivity contribution in [3.63, 3.8) is 0 Å². The highest BCUT2D eigenvalue weighted by atomic mass is 19.1. The Balaban J connectivity index is 2.35. The Kier molecular flexibility index (Phi) is 4.32. The van der Waals surface area contributed by atoms with Gasteiger partial charge in [0.1, 0.15) is 5.82 Å². The first-order valence-electron chi connectivity index (χ1n) is 6.91. The van der Waals surface area contributed by atoms with Gasteiger partial charge in [0, 0.05) is 24.8 Å². The van der Waals surface area contributed by atoms with Crippen LogP contribution in [0.5, 0.6) is 0 Å². The van der Waals surface area contributed by atoms with Crippen molar-refractivity contribution in [1.29, 1.82) is 0 Å². The number of halogens is 1. The van der Waals surface area contributed by atoms with Crippen LogP contribution in [0.25, 0.3) is 0 Å². The van der Waals surface area contributed by atoms with E-state index in [1.165, 1.54) is 12.1 Å². The average Bonchev–Trinajstić information content (AvgIpc) is 2.36. The Hall–Kier alpha value is -1.17. The van der Waals surface area contributed by atoms with Crippen molar-refractivity contribution < 1.29 is 14.2 Å². The third-order valence-corrected chi connectivity index (χ3v) is 3.51. The van der Waals surface area contributed by atoms with E-state index >= 15 is 0 Å². The molecule has 3 N–H and O–H groups in total. The molecular formula is C15H23FN2O2. The molecule has 0 amide bonds. The highest BCUT2D eigenvalue weighted by Gasteiger charge is 2.34. The zero-order chi connectivity index (χ0) is 14.9. The molecule has 1 unspecified atom stereocenters. The van der Waals surface area contributed by atoms with Crippen molar-refractivity contribution in [2.45, 2.75) is 38.5 Å². The number of rotatable bonds is 3. The van der Waals surface area contributed by atoms with E-state index in [1.807, 2.05) is 20.8 Å². The molecule has 0 spiro atoms. The van der Waals surface area contributed by atoms with Crippen LogP contribution in [0.4, 0.5) is 10.1 Å². The number of hydrogen-bond donors (Lipinski definition) is 2. The number of anilines is 1. The van der Waals surface area contributed by atoms with Gasteiger partial charge < -0.3 is 20.5 Å². The largest absolute Gasteiger partial charge is 0.394 e. The van der Waals surface area contributed by atoms with E-state index in [2.05, 4.69) is 4.90 Å². The van der Waals surface area contributed by atoms with Gasteiger partial charge in [0.15, 0.2) is 0 Å². The van der Waals surface area contributed by atoms with E-state index in [0.717, 1.165) is 11.3 Å². The summed E-state index contributed by atoms with van der Waals surface area (Å²) in [6, 6.07) is 4.43. The van der Waals surface area contributed by atoms with Crippen LogP contribution >= 0.6 is 0 Å². The minimum atomic E-state index is -0.366. The second kappa shape index (κ2) is 5.68. The molecule has 1 aliphatic heterocycles. The third kappa shape index (κ3) is 3.29. The number of aliphatic hydroxyl groups is 1. The van der Waals surface area contributed by atoms with E-state index < -0.39 is 0 Å². The van der Waals surface area contributed by atoms with Gasteiger partial charge in [-0.3, -0.25) is 0 Å². The van der Waals surface area contributed by atoms with Crippen LogP contribution < -0.4 is 10.6 Å². The van der Waals surface area contributed by atoms with Gasteiger partial charge >= 0.3 is 0 Å². The summed E-state index contributed by atoms with van der Waals surface area (Å²) >= 11 is 0. The van der Waals surface area contributed by atoms with Crippen molar-refractivity contribution in [1.82, 2.24) is 0 Å². The molecule has 4 nitrogen and oxygen atoms in total. The number of aliphatic hydroxyl groups excluding tert-OH is 1. The van der Waals surface area contributed by atoms with Gasteiger partial charge in [-0.05, 0) is 44.5 Å². The van der Waals surface area contributed by atoms with Gasteiger partial charge in [-0.1, -0.05) is 0 Å². The molecule has 1 aliphatic rings. The maximum Gasteiger partial charge on any atom is 0.123 e. The van der Waals surface area contributed by atoms with Gasteiger partial charge in [0.25, 0.3) is 0 Å². The Morgan fingerprint density at radius 2 is 2.25 bits per heavy atom. The van der Waals surface area contributed by atoms with Gasteiger partial charge in [-0.15, -0.1) is 0 Å². The van der Waals surface area contributed by atoms with Crippen LogP contribution in [0, 0.1) is 5.82 Å². The lowest BCUT2D eigenvalue weighted by Crippen LogP contribution is -2.54. The number of ether oxygens (including phenoxy) is 1. The molecule has 5 heteroatoms. The van der Waals surface area contributed by atoms with Crippen molar-refractivity contribution >= 4 is 5.69 Å². The molecule has 1 heterocycles. The van der Waals surface area contributed by atoms with Crippen molar-refractivity contribution in [3.8, 4) is 0 Å². The summed E-state index contributed by atoms with van der Waals surface area (Å²) in [5, 5.41) is 9.37.